The Balaban J connectivity index is 1.95. The summed E-state index contributed by atoms with van der Waals surface area (Å²) in [7, 11) is 0. The second-order valence-electron chi connectivity index (χ2n) is 4.02. The standard InChI is InChI=1S/C11H18N4O4/c1-3-17-10(18-4-2)9-7-15(14-13-9)6-8-5-12-11(16)19-8/h7-8,10H,3-6H2,1-2H3,(H,12,16). The Morgan fingerprint density at radius 3 is 2.84 bits per heavy atom. The molecule has 1 N–H and O–H groups in total. The maximum absolute atomic E-state index is 10.9. The van der Waals surface area contributed by atoms with E-state index in [1.54, 1.807) is 10.9 Å². The first kappa shape index (κ1) is 13.8. The number of aromatic nitrogens is 3. The molecule has 1 aromatic rings. The molecule has 8 heteroatoms. The fourth-order valence-corrected chi connectivity index (χ4v) is 1.77. The quantitative estimate of drug-likeness (QED) is 0.724. The van der Waals surface area contributed by atoms with Crippen molar-refractivity contribution >= 4 is 6.09 Å². The van der Waals surface area contributed by atoms with Crippen LogP contribution in [0.1, 0.15) is 25.8 Å². The summed E-state index contributed by atoms with van der Waals surface area (Å²) in [6, 6.07) is 0. The lowest BCUT2D eigenvalue weighted by atomic mass is 10.3. The van der Waals surface area contributed by atoms with Gasteiger partial charge in [-0.15, -0.1) is 5.10 Å². The van der Waals surface area contributed by atoms with Crippen molar-refractivity contribution in [2.45, 2.75) is 32.8 Å². The zero-order valence-corrected chi connectivity index (χ0v) is 11.0. The van der Waals surface area contributed by atoms with Crippen LogP contribution in [0.5, 0.6) is 0 Å². The van der Waals surface area contributed by atoms with Crippen molar-refractivity contribution in [3.63, 3.8) is 0 Å². The normalized spacial score (nSPS) is 18.7. The summed E-state index contributed by atoms with van der Waals surface area (Å²) in [5.74, 6) is 0. The molecule has 106 valence electrons. The van der Waals surface area contributed by atoms with Gasteiger partial charge in [-0.25, -0.2) is 9.48 Å². The van der Waals surface area contributed by atoms with Gasteiger partial charge in [0.15, 0.2) is 0 Å². The van der Waals surface area contributed by atoms with Crippen LogP contribution in [0.25, 0.3) is 0 Å². The fourth-order valence-electron chi connectivity index (χ4n) is 1.77. The van der Waals surface area contributed by atoms with Crippen LogP contribution in [-0.4, -0.2) is 46.9 Å². The van der Waals surface area contributed by atoms with Gasteiger partial charge in [-0.1, -0.05) is 5.21 Å². The van der Waals surface area contributed by atoms with Crippen LogP contribution < -0.4 is 5.32 Å². The van der Waals surface area contributed by atoms with Crippen LogP contribution in [0.2, 0.25) is 0 Å². The van der Waals surface area contributed by atoms with E-state index in [0.717, 1.165) is 0 Å². The Hall–Kier alpha value is -1.67. The van der Waals surface area contributed by atoms with Gasteiger partial charge >= 0.3 is 6.09 Å². The summed E-state index contributed by atoms with van der Waals surface area (Å²) < 4.78 is 17.5. The molecule has 19 heavy (non-hydrogen) atoms. The Morgan fingerprint density at radius 1 is 1.53 bits per heavy atom. The van der Waals surface area contributed by atoms with Gasteiger partial charge in [-0.05, 0) is 13.8 Å². The minimum absolute atomic E-state index is 0.223. The third-order valence-corrected chi connectivity index (χ3v) is 2.57. The predicted molar refractivity (Wildman–Crippen MR) is 64.3 cm³/mol. The minimum atomic E-state index is -0.506. The van der Waals surface area contributed by atoms with Gasteiger partial charge in [0.1, 0.15) is 11.8 Å². The topological polar surface area (TPSA) is 87.5 Å². The van der Waals surface area contributed by atoms with Crippen molar-refractivity contribution in [1.82, 2.24) is 20.3 Å². The lowest BCUT2D eigenvalue weighted by Crippen LogP contribution is -2.20. The van der Waals surface area contributed by atoms with Crippen LogP contribution in [-0.2, 0) is 20.8 Å². The molecular formula is C11H18N4O4. The molecule has 1 atom stereocenters. The molecule has 1 fully saturated rings. The van der Waals surface area contributed by atoms with Crippen molar-refractivity contribution in [2.24, 2.45) is 0 Å². The number of carbonyl (C=O) groups excluding carboxylic acids is 1. The van der Waals surface area contributed by atoms with Crippen LogP contribution in [0, 0.1) is 0 Å². The van der Waals surface area contributed by atoms with Crippen LogP contribution in [0.15, 0.2) is 6.20 Å². The Kier molecular flexibility index (Phi) is 4.69. The van der Waals surface area contributed by atoms with Crippen LogP contribution in [0.4, 0.5) is 4.79 Å². The first-order valence-electron chi connectivity index (χ1n) is 6.30. The van der Waals surface area contributed by atoms with E-state index in [2.05, 4.69) is 15.6 Å². The van der Waals surface area contributed by atoms with Crippen molar-refractivity contribution in [3.05, 3.63) is 11.9 Å². The number of hydrogen-bond acceptors (Lipinski definition) is 6. The molecule has 0 bridgehead atoms. The summed E-state index contributed by atoms with van der Waals surface area (Å²) in [5, 5.41) is 10.6. The number of cyclic esters (lactones) is 1. The molecular weight excluding hydrogens is 252 g/mol. The molecule has 1 aliphatic rings. The molecule has 1 aliphatic heterocycles. The van der Waals surface area contributed by atoms with Crippen LogP contribution >= 0.6 is 0 Å². The number of amides is 1. The van der Waals surface area contributed by atoms with Gasteiger partial charge in [0.25, 0.3) is 0 Å². The highest BCUT2D eigenvalue weighted by atomic mass is 16.7. The molecule has 1 aromatic heterocycles. The Bertz CT molecular complexity index is 417. The number of nitrogens with zero attached hydrogens (tertiary/aromatic N) is 3. The maximum Gasteiger partial charge on any atom is 0.407 e. The van der Waals surface area contributed by atoms with E-state index in [0.29, 0.717) is 32.0 Å². The number of hydrogen-bond donors (Lipinski definition) is 1. The third-order valence-electron chi connectivity index (χ3n) is 2.57. The molecule has 0 radical (unpaired) electrons. The van der Waals surface area contributed by atoms with Gasteiger partial charge in [0.05, 0.1) is 19.3 Å². The first-order chi connectivity index (χ1) is 9.22. The number of rotatable bonds is 7. The summed E-state index contributed by atoms with van der Waals surface area (Å²) in [6.45, 7) is 5.77. The molecule has 0 saturated carbocycles. The van der Waals surface area contributed by atoms with Crippen molar-refractivity contribution in [2.75, 3.05) is 19.8 Å². The molecule has 1 amide bonds. The number of ether oxygens (including phenoxy) is 3. The summed E-state index contributed by atoms with van der Waals surface area (Å²) in [5.41, 5.74) is 0.612. The number of carbonyl (C=O) groups is 1. The molecule has 8 nitrogen and oxygen atoms in total. The van der Waals surface area contributed by atoms with E-state index >= 15 is 0 Å². The SMILES string of the molecule is CCOC(OCC)c1cn(CC2CNC(=O)O2)nn1. The van der Waals surface area contributed by atoms with E-state index in [4.69, 9.17) is 14.2 Å². The third kappa shape index (κ3) is 3.65. The van der Waals surface area contributed by atoms with Crippen molar-refractivity contribution in [1.29, 1.82) is 0 Å². The molecule has 0 aromatic carbocycles. The fraction of sp³-hybridized carbons (Fsp3) is 0.727. The smallest absolute Gasteiger partial charge is 0.407 e. The molecule has 1 saturated heterocycles. The van der Waals surface area contributed by atoms with Gasteiger partial charge in [0.2, 0.25) is 6.29 Å². The summed E-state index contributed by atoms with van der Waals surface area (Å²) in [6.07, 6.45) is 0.613. The molecule has 1 unspecified atom stereocenters. The minimum Gasteiger partial charge on any atom is -0.442 e. The average molecular weight is 270 g/mol. The molecule has 0 aliphatic carbocycles. The molecule has 2 heterocycles. The summed E-state index contributed by atoms with van der Waals surface area (Å²) in [4.78, 5) is 10.9. The molecule has 0 spiro atoms. The van der Waals surface area contributed by atoms with Gasteiger partial charge in [-0.3, -0.25) is 0 Å². The van der Waals surface area contributed by atoms with E-state index in [-0.39, 0.29) is 6.10 Å². The van der Waals surface area contributed by atoms with Crippen LogP contribution in [0.3, 0.4) is 0 Å². The van der Waals surface area contributed by atoms with E-state index < -0.39 is 12.4 Å². The molecule has 2 rings (SSSR count). The monoisotopic (exact) mass is 270 g/mol. The van der Waals surface area contributed by atoms with Gasteiger partial charge in [-0.2, -0.15) is 0 Å². The maximum atomic E-state index is 10.9. The summed E-state index contributed by atoms with van der Waals surface area (Å²) >= 11 is 0. The Morgan fingerprint density at radius 2 is 2.26 bits per heavy atom. The van der Waals surface area contributed by atoms with Gasteiger partial charge in [0, 0.05) is 13.2 Å². The highest BCUT2D eigenvalue weighted by Crippen LogP contribution is 2.16. The zero-order chi connectivity index (χ0) is 13.7. The highest BCUT2D eigenvalue weighted by Gasteiger charge is 2.24. The van der Waals surface area contributed by atoms with Gasteiger partial charge < -0.3 is 19.5 Å². The first-order valence-corrected chi connectivity index (χ1v) is 6.30. The van der Waals surface area contributed by atoms with Crippen molar-refractivity contribution in [3.8, 4) is 0 Å². The largest absolute Gasteiger partial charge is 0.442 e. The zero-order valence-electron chi connectivity index (χ0n) is 11.0. The second-order valence-corrected chi connectivity index (χ2v) is 4.02. The number of nitrogens with one attached hydrogen (secondary N) is 1. The highest BCUT2D eigenvalue weighted by molar-refractivity contribution is 5.69. The lowest BCUT2D eigenvalue weighted by molar-refractivity contribution is -0.142. The number of alkyl carbamates (subject to hydrolysis) is 1. The lowest BCUT2D eigenvalue weighted by Gasteiger charge is -2.13. The van der Waals surface area contributed by atoms with E-state index in [9.17, 15) is 4.79 Å². The van der Waals surface area contributed by atoms with Crippen molar-refractivity contribution < 1.29 is 19.0 Å². The van der Waals surface area contributed by atoms with E-state index in [1.165, 1.54) is 0 Å². The second kappa shape index (κ2) is 6.48. The predicted octanol–water partition coefficient (Wildman–Crippen LogP) is 0.458. The Labute approximate surface area is 111 Å². The van der Waals surface area contributed by atoms with E-state index in [1.807, 2.05) is 13.8 Å². The average Bonchev–Trinajstić information content (AvgIpc) is 2.99.